The SMILES string of the molecule is C=CCCCCCN(C)C(=NCc1cc(CC)no1)NCC. The first kappa shape index (κ1) is 18.3. The summed E-state index contributed by atoms with van der Waals surface area (Å²) in [5, 5.41) is 7.32. The summed E-state index contributed by atoms with van der Waals surface area (Å²) in [6.07, 6.45) is 7.57. The highest BCUT2D eigenvalue weighted by molar-refractivity contribution is 5.79. The van der Waals surface area contributed by atoms with Gasteiger partial charge in [-0.3, -0.25) is 0 Å². The van der Waals surface area contributed by atoms with Gasteiger partial charge in [0.15, 0.2) is 11.7 Å². The predicted octanol–water partition coefficient (Wildman–Crippen LogP) is 3.38. The van der Waals surface area contributed by atoms with Gasteiger partial charge in [0.05, 0.1) is 5.69 Å². The molecule has 0 amide bonds. The molecule has 0 atom stereocenters. The summed E-state index contributed by atoms with van der Waals surface area (Å²) in [5.74, 6) is 1.73. The summed E-state index contributed by atoms with van der Waals surface area (Å²) in [7, 11) is 2.08. The number of hydrogen-bond acceptors (Lipinski definition) is 3. The second-order valence-electron chi connectivity index (χ2n) is 5.37. The first-order chi connectivity index (χ1) is 10.7. The molecule has 1 rings (SSSR count). The van der Waals surface area contributed by atoms with Gasteiger partial charge in [0.2, 0.25) is 0 Å². The Morgan fingerprint density at radius 1 is 1.41 bits per heavy atom. The summed E-state index contributed by atoms with van der Waals surface area (Å²) in [6, 6.07) is 1.97. The van der Waals surface area contributed by atoms with E-state index in [-0.39, 0.29) is 0 Å². The molecule has 124 valence electrons. The summed E-state index contributed by atoms with van der Waals surface area (Å²) >= 11 is 0. The molecule has 0 saturated heterocycles. The molecule has 1 N–H and O–H groups in total. The number of rotatable bonds is 10. The van der Waals surface area contributed by atoms with Crippen LogP contribution in [0.5, 0.6) is 0 Å². The Bertz CT molecular complexity index is 453. The summed E-state index contributed by atoms with van der Waals surface area (Å²) in [5.41, 5.74) is 0.978. The van der Waals surface area contributed by atoms with E-state index in [4.69, 9.17) is 4.52 Å². The van der Waals surface area contributed by atoms with E-state index in [0.717, 1.165) is 49.8 Å². The number of guanidine groups is 1. The lowest BCUT2D eigenvalue weighted by Crippen LogP contribution is -2.39. The smallest absolute Gasteiger partial charge is 0.194 e. The molecule has 22 heavy (non-hydrogen) atoms. The van der Waals surface area contributed by atoms with Crippen molar-refractivity contribution in [3.63, 3.8) is 0 Å². The molecule has 0 saturated carbocycles. The van der Waals surface area contributed by atoms with Gasteiger partial charge in [-0.25, -0.2) is 4.99 Å². The van der Waals surface area contributed by atoms with E-state index in [9.17, 15) is 0 Å². The van der Waals surface area contributed by atoms with E-state index in [1.807, 2.05) is 12.1 Å². The van der Waals surface area contributed by atoms with Crippen LogP contribution in [-0.4, -0.2) is 36.2 Å². The van der Waals surface area contributed by atoms with Crippen LogP contribution in [0.25, 0.3) is 0 Å². The van der Waals surface area contributed by atoms with Crippen molar-refractivity contribution in [1.29, 1.82) is 0 Å². The molecular formula is C17H30N4O. The van der Waals surface area contributed by atoms with Gasteiger partial charge in [-0.1, -0.05) is 24.6 Å². The number of allylic oxidation sites excluding steroid dienone is 1. The fraction of sp³-hybridized carbons (Fsp3) is 0.647. The van der Waals surface area contributed by atoms with E-state index in [1.165, 1.54) is 12.8 Å². The van der Waals surface area contributed by atoms with Gasteiger partial charge in [0.25, 0.3) is 0 Å². The quantitative estimate of drug-likeness (QED) is 0.312. The molecule has 0 unspecified atom stereocenters. The van der Waals surface area contributed by atoms with E-state index in [1.54, 1.807) is 0 Å². The molecule has 0 bridgehead atoms. The zero-order chi connectivity index (χ0) is 16.2. The van der Waals surface area contributed by atoms with Crippen LogP contribution in [-0.2, 0) is 13.0 Å². The lowest BCUT2D eigenvalue weighted by Gasteiger charge is -2.21. The zero-order valence-corrected chi connectivity index (χ0v) is 14.3. The molecular weight excluding hydrogens is 276 g/mol. The van der Waals surface area contributed by atoms with Crippen molar-refractivity contribution in [2.24, 2.45) is 4.99 Å². The Labute approximate surface area is 134 Å². The standard InChI is InChI=1S/C17H30N4O/c1-5-8-9-10-11-12-21(4)17(18-7-3)19-14-16-13-15(6-2)20-22-16/h5,13H,1,6-12,14H2,2-4H3,(H,18,19). The van der Waals surface area contributed by atoms with E-state index >= 15 is 0 Å². The van der Waals surface area contributed by atoms with Crippen molar-refractivity contribution in [2.45, 2.75) is 52.5 Å². The first-order valence-corrected chi connectivity index (χ1v) is 8.26. The van der Waals surface area contributed by atoms with E-state index < -0.39 is 0 Å². The molecule has 0 fully saturated rings. The maximum atomic E-state index is 5.28. The Morgan fingerprint density at radius 2 is 2.23 bits per heavy atom. The number of unbranched alkanes of at least 4 members (excludes halogenated alkanes) is 3. The van der Waals surface area contributed by atoms with Gasteiger partial charge in [-0.15, -0.1) is 6.58 Å². The molecule has 0 radical (unpaired) electrons. The van der Waals surface area contributed by atoms with Gasteiger partial charge in [-0.05, 0) is 32.6 Å². The Morgan fingerprint density at radius 3 is 2.86 bits per heavy atom. The van der Waals surface area contributed by atoms with Crippen molar-refractivity contribution in [3.8, 4) is 0 Å². The van der Waals surface area contributed by atoms with Gasteiger partial charge in [0, 0.05) is 26.2 Å². The number of aromatic nitrogens is 1. The summed E-state index contributed by atoms with van der Waals surface area (Å²) in [6.45, 7) is 10.3. The van der Waals surface area contributed by atoms with Gasteiger partial charge in [0.1, 0.15) is 6.54 Å². The lowest BCUT2D eigenvalue weighted by atomic mass is 10.2. The predicted molar refractivity (Wildman–Crippen MR) is 92.0 cm³/mol. The van der Waals surface area contributed by atoms with E-state index in [0.29, 0.717) is 6.54 Å². The zero-order valence-electron chi connectivity index (χ0n) is 14.3. The fourth-order valence-electron chi connectivity index (χ4n) is 2.14. The van der Waals surface area contributed by atoms with Crippen LogP contribution in [0.3, 0.4) is 0 Å². The third-order valence-electron chi connectivity index (χ3n) is 3.45. The molecule has 1 aromatic heterocycles. The highest BCUT2D eigenvalue weighted by Crippen LogP contribution is 2.06. The third-order valence-corrected chi connectivity index (χ3v) is 3.45. The minimum atomic E-state index is 0.524. The number of nitrogens with one attached hydrogen (secondary N) is 1. The van der Waals surface area contributed by atoms with Crippen LogP contribution < -0.4 is 5.32 Å². The van der Waals surface area contributed by atoms with Crippen molar-refractivity contribution >= 4 is 5.96 Å². The minimum Gasteiger partial charge on any atom is -0.359 e. The highest BCUT2D eigenvalue weighted by Gasteiger charge is 2.07. The molecule has 5 nitrogen and oxygen atoms in total. The lowest BCUT2D eigenvalue weighted by molar-refractivity contribution is 0.378. The molecule has 0 aliphatic rings. The second kappa shape index (κ2) is 10.9. The van der Waals surface area contributed by atoms with Crippen LogP contribution in [0.2, 0.25) is 0 Å². The maximum Gasteiger partial charge on any atom is 0.194 e. The highest BCUT2D eigenvalue weighted by atomic mass is 16.5. The van der Waals surface area contributed by atoms with Crippen molar-refractivity contribution in [1.82, 2.24) is 15.4 Å². The molecule has 5 heteroatoms. The van der Waals surface area contributed by atoms with Crippen LogP contribution in [0.15, 0.2) is 28.2 Å². The molecule has 0 aromatic carbocycles. The van der Waals surface area contributed by atoms with Crippen molar-refractivity contribution in [2.75, 3.05) is 20.1 Å². The molecule has 0 aliphatic heterocycles. The third kappa shape index (κ3) is 6.78. The normalized spacial score (nSPS) is 11.5. The van der Waals surface area contributed by atoms with Crippen molar-refractivity contribution in [3.05, 3.63) is 30.2 Å². The molecule has 0 aliphatic carbocycles. The van der Waals surface area contributed by atoms with Crippen LogP contribution in [0.4, 0.5) is 0 Å². The minimum absolute atomic E-state index is 0.524. The Kier molecular flexibility index (Phi) is 9.03. The van der Waals surface area contributed by atoms with E-state index in [2.05, 4.69) is 47.8 Å². The van der Waals surface area contributed by atoms with Gasteiger partial charge in [-0.2, -0.15) is 0 Å². The number of nitrogens with zero attached hydrogens (tertiary/aromatic N) is 3. The number of hydrogen-bond donors (Lipinski definition) is 1. The average Bonchev–Trinajstić information content (AvgIpc) is 2.99. The largest absolute Gasteiger partial charge is 0.359 e. The average molecular weight is 306 g/mol. The first-order valence-electron chi connectivity index (χ1n) is 8.26. The molecule has 1 aromatic rings. The molecule has 1 heterocycles. The van der Waals surface area contributed by atoms with Crippen LogP contribution in [0, 0.1) is 0 Å². The maximum absolute atomic E-state index is 5.28. The summed E-state index contributed by atoms with van der Waals surface area (Å²) in [4.78, 5) is 6.80. The monoisotopic (exact) mass is 306 g/mol. The van der Waals surface area contributed by atoms with Crippen LogP contribution in [0.1, 0.15) is 51.0 Å². The topological polar surface area (TPSA) is 53.7 Å². The molecule has 0 spiro atoms. The number of aryl methyl sites for hydroxylation is 1. The second-order valence-corrected chi connectivity index (χ2v) is 5.37. The number of aliphatic imine (C=N–C) groups is 1. The Hall–Kier alpha value is -1.78. The Balaban J connectivity index is 2.47. The van der Waals surface area contributed by atoms with Crippen molar-refractivity contribution < 1.29 is 4.52 Å². The van der Waals surface area contributed by atoms with Crippen LogP contribution >= 0.6 is 0 Å². The van der Waals surface area contributed by atoms with Gasteiger partial charge >= 0.3 is 0 Å². The fourth-order valence-corrected chi connectivity index (χ4v) is 2.14. The van der Waals surface area contributed by atoms with Gasteiger partial charge < -0.3 is 14.7 Å². The summed E-state index contributed by atoms with van der Waals surface area (Å²) < 4.78 is 5.28.